The van der Waals surface area contributed by atoms with Crippen molar-refractivity contribution < 1.29 is 9.53 Å². The van der Waals surface area contributed by atoms with Crippen molar-refractivity contribution in [1.82, 2.24) is 10.6 Å². The van der Waals surface area contributed by atoms with Gasteiger partial charge in [-0.05, 0) is 37.1 Å². The second-order valence-corrected chi connectivity index (χ2v) is 5.14. The number of carbonyl (C=O) groups is 1. The van der Waals surface area contributed by atoms with Crippen LogP contribution in [0.2, 0.25) is 0 Å². The maximum absolute atomic E-state index is 12.4. The molecule has 0 radical (unpaired) electrons. The van der Waals surface area contributed by atoms with E-state index in [2.05, 4.69) is 17.6 Å². The maximum atomic E-state index is 12.4. The van der Waals surface area contributed by atoms with E-state index in [4.69, 9.17) is 4.74 Å². The zero-order valence-corrected chi connectivity index (χ0v) is 11.6. The third kappa shape index (κ3) is 3.55. The number of nitrogens with one attached hydrogen (secondary N) is 2. The summed E-state index contributed by atoms with van der Waals surface area (Å²) in [7, 11) is 1.64. The first-order valence-corrected chi connectivity index (χ1v) is 6.80. The van der Waals surface area contributed by atoms with Gasteiger partial charge >= 0.3 is 0 Å². The highest BCUT2D eigenvalue weighted by molar-refractivity contribution is 5.95. The zero-order chi connectivity index (χ0) is 13.7. The molecular formula is C15H22N2O2. The fraction of sp³-hybridized carbons (Fsp3) is 0.533. The van der Waals surface area contributed by atoms with Gasteiger partial charge in [0, 0.05) is 18.7 Å². The first kappa shape index (κ1) is 14.0. The molecule has 2 N–H and O–H groups in total. The normalized spacial score (nSPS) is 23.1. The Hall–Kier alpha value is -1.39. The lowest BCUT2D eigenvalue weighted by Crippen LogP contribution is -2.48. The number of hydrogen-bond donors (Lipinski definition) is 2. The van der Waals surface area contributed by atoms with Crippen molar-refractivity contribution in [2.24, 2.45) is 5.92 Å². The Labute approximate surface area is 114 Å². The fourth-order valence-electron chi connectivity index (χ4n) is 2.50. The Bertz CT molecular complexity index is 434. The van der Waals surface area contributed by atoms with Gasteiger partial charge in [0.05, 0.1) is 6.61 Å². The number of methoxy groups -OCH3 is 1. The Morgan fingerprint density at radius 1 is 1.47 bits per heavy atom. The zero-order valence-electron chi connectivity index (χ0n) is 11.6. The summed E-state index contributed by atoms with van der Waals surface area (Å²) in [4.78, 5) is 12.4. The van der Waals surface area contributed by atoms with Crippen molar-refractivity contribution in [2.45, 2.75) is 26.0 Å². The van der Waals surface area contributed by atoms with Crippen LogP contribution in [0.5, 0.6) is 0 Å². The van der Waals surface area contributed by atoms with E-state index < -0.39 is 0 Å². The number of hydrogen-bond acceptors (Lipinski definition) is 3. The van der Waals surface area contributed by atoms with Gasteiger partial charge in [0.25, 0.3) is 5.91 Å². The summed E-state index contributed by atoms with van der Waals surface area (Å²) in [6, 6.07) is 7.86. The molecule has 1 amide bonds. The molecule has 4 heteroatoms. The number of benzene rings is 1. The van der Waals surface area contributed by atoms with Gasteiger partial charge in [0.15, 0.2) is 0 Å². The lowest BCUT2D eigenvalue weighted by atomic mass is 9.94. The number of carbonyl (C=O) groups excluding carboxylic acids is 1. The van der Waals surface area contributed by atoms with Crippen LogP contribution in [0.15, 0.2) is 24.3 Å². The molecule has 0 aromatic heterocycles. The molecule has 2 rings (SSSR count). The number of amides is 1. The molecule has 1 aromatic rings. The Morgan fingerprint density at radius 2 is 2.26 bits per heavy atom. The van der Waals surface area contributed by atoms with Crippen LogP contribution in [0.1, 0.15) is 29.3 Å². The van der Waals surface area contributed by atoms with Crippen LogP contribution in [-0.4, -0.2) is 32.1 Å². The second kappa shape index (κ2) is 6.68. The number of ether oxygens (including phenoxy) is 1. The lowest BCUT2D eigenvalue weighted by molar-refractivity contribution is 0.0909. The van der Waals surface area contributed by atoms with Crippen LogP contribution in [0.25, 0.3) is 0 Å². The average Bonchev–Trinajstić information content (AvgIpc) is 2.42. The Balaban J connectivity index is 2.06. The van der Waals surface area contributed by atoms with E-state index in [-0.39, 0.29) is 11.9 Å². The van der Waals surface area contributed by atoms with Crippen molar-refractivity contribution in [3.05, 3.63) is 35.4 Å². The highest BCUT2D eigenvalue weighted by atomic mass is 16.5. The third-order valence-corrected chi connectivity index (χ3v) is 3.66. The molecule has 1 saturated heterocycles. The van der Waals surface area contributed by atoms with Gasteiger partial charge in [-0.2, -0.15) is 0 Å². The van der Waals surface area contributed by atoms with Crippen LogP contribution in [0, 0.1) is 5.92 Å². The summed E-state index contributed by atoms with van der Waals surface area (Å²) in [5, 5.41) is 6.49. The van der Waals surface area contributed by atoms with Gasteiger partial charge in [-0.3, -0.25) is 4.79 Å². The topological polar surface area (TPSA) is 50.4 Å². The SMILES string of the molecule is COCc1ccccc1C(=O)NC1CCNCC1C. The van der Waals surface area contributed by atoms with E-state index in [1.807, 2.05) is 24.3 Å². The molecule has 1 fully saturated rings. The Morgan fingerprint density at radius 3 is 3.00 bits per heavy atom. The van der Waals surface area contributed by atoms with Gasteiger partial charge in [0.1, 0.15) is 0 Å². The van der Waals surface area contributed by atoms with Gasteiger partial charge in [-0.1, -0.05) is 25.1 Å². The van der Waals surface area contributed by atoms with E-state index in [9.17, 15) is 4.79 Å². The van der Waals surface area contributed by atoms with Crippen molar-refractivity contribution >= 4 is 5.91 Å². The highest BCUT2D eigenvalue weighted by Crippen LogP contribution is 2.14. The van der Waals surface area contributed by atoms with Crippen LogP contribution in [0.4, 0.5) is 0 Å². The van der Waals surface area contributed by atoms with E-state index >= 15 is 0 Å². The van der Waals surface area contributed by atoms with Gasteiger partial charge in [-0.25, -0.2) is 0 Å². The van der Waals surface area contributed by atoms with Gasteiger partial charge in [0.2, 0.25) is 0 Å². The fourth-order valence-corrected chi connectivity index (χ4v) is 2.50. The minimum Gasteiger partial charge on any atom is -0.380 e. The standard InChI is InChI=1S/C15H22N2O2/c1-11-9-16-8-7-14(11)17-15(18)13-6-4-3-5-12(13)10-19-2/h3-6,11,14,16H,7-10H2,1-2H3,(H,17,18). The van der Waals surface area contributed by atoms with Crippen LogP contribution in [0.3, 0.4) is 0 Å². The average molecular weight is 262 g/mol. The summed E-state index contributed by atoms with van der Waals surface area (Å²) in [6.45, 7) is 4.56. The van der Waals surface area contributed by atoms with E-state index in [0.717, 1.165) is 30.6 Å². The third-order valence-electron chi connectivity index (χ3n) is 3.66. The lowest BCUT2D eigenvalue weighted by Gasteiger charge is -2.30. The molecule has 0 bridgehead atoms. The molecule has 1 aromatic carbocycles. The summed E-state index contributed by atoms with van der Waals surface area (Å²) in [5.74, 6) is 0.471. The minimum absolute atomic E-state index is 0.00593. The van der Waals surface area contributed by atoms with Crippen molar-refractivity contribution in [3.63, 3.8) is 0 Å². The monoisotopic (exact) mass is 262 g/mol. The van der Waals surface area contributed by atoms with Gasteiger partial charge < -0.3 is 15.4 Å². The van der Waals surface area contributed by atoms with Crippen LogP contribution >= 0.6 is 0 Å². The molecule has 0 aliphatic carbocycles. The van der Waals surface area contributed by atoms with Crippen LogP contribution in [-0.2, 0) is 11.3 Å². The summed E-state index contributed by atoms with van der Waals surface area (Å²) in [6.07, 6.45) is 0.985. The van der Waals surface area contributed by atoms with Gasteiger partial charge in [-0.15, -0.1) is 0 Å². The molecule has 1 aliphatic rings. The quantitative estimate of drug-likeness (QED) is 0.866. The second-order valence-electron chi connectivity index (χ2n) is 5.14. The van der Waals surface area contributed by atoms with Crippen molar-refractivity contribution in [1.29, 1.82) is 0 Å². The summed E-state index contributed by atoms with van der Waals surface area (Å²) >= 11 is 0. The van der Waals surface area contributed by atoms with Crippen molar-refractivity contribution in [2.75, 3.05) is 20.2 Å². The molecule has 104 valence electrons. The Kier molecular flexibility index (Phi) is 4.93. The predicted molar refractivity (Wildman–Crippen MR) is 75.1 cm³/mol. The largest absolute Gasteiger partial charge is 0.380 e. The molecule has 19 heavy (non-hydrogen) atoms. The van der Waals surface area contributed by atoms with Crippen LogP contribution < -0.4 is 10.6 Å². The first-order chi connectivity index (χ1) is 9.22. The van der Waals surface area contributed by atoms with E-state index in [1.54, 1.807) is 7.11 Å². The smallest absolute Gasteiger partial charge is 0.251 e. The maximum Gasteiger partial charge on any atom is 0.251 e. The number of rotatable bonds is 4. The molecule has 1 aliphatic heterocycles. The molecule has 1 heterocycles. The van der Waals surface area contributed by atoms with E-state index in [1.165, 1.54) is 0 Å². The molecule has 4 nitrogen and oxygen atoms in total. The van der Waals surface area contributed by atoms with Crippen molar-refractivity contribution in [3.8, 4) is 0 Å². The number of piperidine rings is 1. The minimum atomic E-state index is 0.00593. The summed E-state index contributed by atoms with van der Waals surface area (Å²) < 4.78 is 5.14. The molecule has 0 saturated carbocycles. The molecular weight excluding hydrogens is 240 g/mol. The molecule has 0 spiro atoms. The highest BCUT2D eigenvalue weighted by Gasteiger charge is 2.23. The molecule has 2 unspecified atom stereocenters. The predicted octanol–water partition coefficient (Wildman–Crippen LogP) is 1.56. The van der Waals surface area contributed by atoms with E-state index in [0.29, 0.717) is 12.5 Å². The summed E-state index contributed by atoms with van der Waals surface area (Å²) in [5.41, 5.74) is 1.65. The molecule has 2 atom stereocenters. The first-order valence-electron chi connectivity index (χ1n) is 6.80.